The Morgan fingerprint density at radius 1 is 1.27 bits per heavy atom. The van der Waals surface area contributed by atoms with Gasteiger partial charge in [-0.05, 0) is 17.5 Å². The average Bonchev–Trinajstić information content (AvgIpc) is 2.87. The van der Waals surface area contributed by atoms with E-state index in [1.807, 2.05) is 0 Å². The van der Waals surface area contributed by atoms with Crippen molar-refractivity contribution in [2.45, 2.75) is 13.0 Å². The van der Waals surface area contributed by atoms with Gasteiger partial charge in [-0.15, -0.1) is 11.8 Å². The molecule has 136 valence electrons. The minimum absolute atomic E-state index is 0.0229. The van der Waals surface area contributed by atoms with Gasteiger partial charge in [0.15, 0.2) is 0 Å². The Balaban J connectivity index is 2.18. The fraction of sp³-hybridized carbons (Fsp3) is 0.222. The number of carbonyl (C=O) groups excluding carboxylic acids is 4. The first kappa shape index (κ1) is 19.5. The van der Waals surface area contributed by atoms with E-state index in [2.05, 4.69) is 11.9 Å². The summed E-state index contributed by atoms with van der Waals surface area (Å²) in [5, 5.41) is 4.03. The molecule has 3 amide bonds. The maximum Gasteiger partial charge on any atom is 0.330 e. The third-order valence-corrected chi connectivity index (χ3v) is 4.29. The van der Waals surface area contributed by atoms with Gasteiger partial charge < -0.3 is 10.1 Å². The zero-order valence-corrected chi connectivity index (χ0v) is 15.0. The monoisotopic (exact) mass is 374 g/mol. The van der Waals surface area contributed by atoms with Crippen LogP contribution in [0.5, 0.6) is 0 Å². The van der Waals surface area contributed by atoms with Gasteiger partial charge in [0.2, 0.25) is 5.91 Å². The maximum absolute atomic E-state index is 12.6. The van der Waals surface area contributed by atoms with Crippen LogP contribution in [-0.2, 0) is 14.3 Å². The van der Waals surface area contributed by atoms with Crippen molar-refractivity contribution >= 4 is 35.5 Å². The first-order chi connectivity index (χ1) is 12.5. The van der Waals surface area contributed by atoms with Crippen LogP contribution in [0.25, 0.3) is 0 Å². The van der Waals surface area contributed by atoms with E-state index in [0.29, 0.717) is 0 Å². The smallest absolute Gasteiger partial charge is 0.330 e. The van der Waals surface area contributed by atoms with Crippen LogP contribution < -0.4 is 5.32 Å². The quantitative estimate of drug-likeness (QED) is 0.423. The topological polar surface area (TPSA) is 92.8 Å². The van der Waals surface area contributed by atoms with Crippen molar-refractivity contribution in [2.75, 3.05) is 12.4 Å². The van der Waals surface area contributed by atoms with Gasteiger partial charge in [0.25, 0.3) is 11.8 Å². The molecule has 1 atom stereocenters. The summed E-state index contributed by atoms with van der Waals surface area (Å²) in [4.78, 5) is 49.3. The molecule has 1 heterocycles. The average molecular weight is 374 g/mol. The number of rotatable bonds is 8. The normalized spacial score (nSPS) is 14.3. The Morgan fingerprint density at radius 2 is 1.88 bits per heavy atom. The van der Waals surface area contributed by atoms with Gasteiger partial charge in [-0.1, -0.05) is 24.8 Å². The van der Waals surface area contributed by atoms with Gasteiger partial charge in [0.05, 0.1) is 11.1 Å². The summed E-state index contributed by atoms with van der Waals surface area (Å²) in [6, 6.07) is 5.32. The number of carbonyl (C=O) groups is 4. The number of nitrogens with zero attached hydrogens (tertiary/aromatic N) is 1. The molecular weight excluding hydrogens is 356 g/mol. The molecule has 0 saturated heterocycles. The number of nitrogens with one attached hydrogen (secondary N) is 1. The molecule has 0 bridgehead atoms. The van der Waals surface area contributed by atoms with Gasteiger partial charge in [-0.3, -0.25) is 19.3 Å². The number of ether oxygens (including phenoxy) is 1. The first-order valence-corrected chi connectivity index (χ1v) is 8.80. The standard InChI is InChI=1S/C18H18N2O5S/c1-3-9-25-18(24)15(11-26-10-8-19-12(2)21)20-16(22)13-6-4-5-7-14(13)17(20)23/h3-8,10,15H,1,9,11H2,2H3,(H,19,21)/b10-8+/t15-/m1/s1. The lowest BCUT2D eigenvalue weighted by Crippen LogP contribution is -2.47. The number of thioether (sulfide) groups is 1. The predicted molar refractivity (Wildman–Crippen MR) is 97.3 cm³/mol. The first-order valence-electron chi connectivity index (χ1n) is 7.75. The Labute approximate surface area is 155 Å². The Kier molecular flexibility index (Phi) is 6.74. The van der Waals surface area contributed by atoms with Gasteiger partial charge in [0.1, 0.15) is 12.6 Å². The fourth-order valence-electron chi connectivity index (χ4n) is 2.32. The summed E-state index contributed by atoms with van der Waals surface area (Å²) in [7, 11) is 0. The fourth-order valence-corrected chi connectivity index (χ4v) is 3.07. The lowest BCUT2D eigenvalue weighted by molar-refractivity contribution is -0.146. The van der Waals surface area contributed by atoms with Crippen LogP contribution in [0.1, 0.15) is 27.6 Å². The molecule has 1 aromatic rings. The summed E-state index contributed by atoms with van der Waals surface area (Å²) in [6.07, 6.45) is 2.82. The number of hydrogen-bond donors (Lipinski definition) is 1. The molecule has 26 heavy (non-hydrogen) atoms. The summed E-state index contributed by atoms with van der Waals surface area (Å²) in [5.41, 5.74) is 0.524. The number of imide groups is 1. The van der Waals surface area contributed by atoms with Crippen LogP contribution in [-0.4, -0.2) is 47.0 Å². The summed E-state index contributed by atoms with van der Waals surface area (Å²) in [5.74, 6) is -1.89. The molecular formula is C18H18N2O5S. The van der Waals surface area contributed by atoms with E-state index >= 15 is 0 Å². The number of amides is 3. The molecule has 1 aliphatic rings. The van der Waals surface area contributed by atoms with Crippen LogP contribution in [0.2, 0.25) is 0 Å². The minimum Gasteiger partial charge on any atom is -0.460 e. The van der Waals surface area contributed by atoms with Crippen LogP contribution >= 0.6 is 11.8 Å². The molecule has 0 saturated carbocycles. The molecule has 0 aromatic heterocycles. The molecule has 1 aromatic carbocycles. The van der Waals surface area contributed by atoms with Crippen molar-refractivity contribution in [1.82, 2.24) is 10.2 Å². The van der Waals surface area contributed by atoms with Crippen molar-refractivity contribution in [3.8, 4) is 0 Å². The minimum atomic E-state index is -1.09. The van der Waals surface area contributed by atoms with E-state index in [1.54, 1.807) is 29.7 Å². The van der Waals surface area contributed by atoms with Crippen LogP contribution in [0, 0.1) is 0 Å². The second-order valence-corrected chi connectivity index (χ2v) is 6.24. The SMILES string of the molecule is C=CCOC(=O)[C@@H](CS/C=C/NC(C)=O)N1C(=O)c2ccccc2C1=O. The van der Waals surface area contributed by atoms with Crippen molar-refractivity contribution < 1.29 is 23.9 Å². The van der Waals surface area contributed by atoms with Crippen LogP contribution in [0.4, 0.5) is 0 Å². The molecule has 1 N–H and O–H groups in total. The second-order valence-electron chi connectivity index (χ2n) is 5.30. The van der Waals surface area contributed by atoms with Crippen LogP contribution in [0.3, 0.4) is 0 Å². The molecule has 0 radical (unpaired) electrons. The Hall–Kier alpha value is -2.87. The number of fused-ring (bicyclic) bond motifs is 1. The van der Waals surface area contributed by atoms with Crippen molar-refractivity contribution in [1.29, 1.82) is 0 Å². The maximum atomic E-state index is 12.6. The van der Waals surface area contributed by atoms with Gasteiger partial charge in [0, 0.05) is 18.9 Å². The molecule has 0 unspecified atom stereocenters. The molecule has 1 aliphatic heterocycles. The highest BCUT2D eigenvalue weighted by molar-refractivity contribution is 8.02. The number of esters is 1. The predicted octanol–water partition coefficient (Wildman–Crippen LogP) is 1.72. The van der Waals surface area contributed by atoms with Crippen LogP contribution in [0.15, 0.2) is 48.5 Å². The van der Waals surface area contributed by atoms with E-state index in [0.717, 1.165) is 4.90 Å². The highest BCUT2D eigenvalue weighted by atomic mass is 32.2. The molecule has 0 fully saturated rings. The van der Waals surface area contributed by atoms with Crippen molar-refractivity contribution in [3.05, 3.63) is 59.7 Å². The highest BCUT2D eigenvalue weighted by Crippen LogP contribution is 2.26. The van der Waals surface area contributed by atoms with Crippen molar-refractivity contribution in [2.24, 2.45) is 0 Å². The largest absolute Gasteiger partial charge is 0.460 e. The molecule has 8 heteroatoms. The van der Waals surface area contributed by atoms with E-state index in [1.165, 1.54) is 31.0 Å². The number of benzene rings is 1. The van der Waals surface area contributed by atoms with E-state index < -0.39 is 23.8 Å². The summed E-state index contributed by atoms with van der Waals surface area (Å²) in [6.45, 7) is 4.81. The van der Waals surface area contributed by atoms with Gasteiger partial charge in [-0.25, -0.2) is 4.79 Å². The van der Waals surface area contributed by atoms with Crippen molar-refractivity contribution in [3.63, 3.8) is 0 Å². The molecule has 0 aliphatic carbocycles. The van der Waals surface area contributed by atoms with E-state index in [9.17, 15) is 19.2 Å². The van der Waals surface area contributed by atoms with E-state index in [-0.39, 0.29) is 29.4 Å². The molecule has 0 spiro atoms. The lowest BCUT2D eigenvalue weighted by Gasteiger charge is -2.23. The zero-order chi connectivity index (χ0) is 19.1. The second kappa shape index (κ2) is 9.00. The van der Waals surface area contributed by atoms with Gasteiger partial charge in [-0.2, -0.15) is 0 Å². The Morgan fingerprint density at radius 3 is 2.42 bits per heavy atom. The van der Waals surface area contributed by atoms with E-state index in [4.69, 9.17) is 4.74 Å². The highest BCUT2D eigenvalue weighted by Gasteiger charge is 2.43. The number of hydrogen-bond acceptors (Lipinski definition) is 6. The van der Waals surface area contributed by atoms with Gasteiger partial charge >= 0.3 is 5.97 Å². The Bertz CT molecular complexity index is 740. The summed E-state index contributed by atoms with van der Waals surface area (Å²) >= 11 is 1.17. The molecule has 7 nitrogen and oxygen atoms in total. The zero-order valence-electron chi connectivity index (χ0n) is 14.1. The third-order valence-electron chi connectivity index (χ3n) is 3.46. The third kappa shape index (κ3) is 4.40. The lowest BCUT2D eigenvalue weighted by atomic mass is 10.1. The summed E-state index contributed by atoms with van der Waals surface area (Å²) < 4.78 is 5.05. The molecule has 2 rings (SSSR count).